The van der Waals surface area contributed by atoms with E-state index in [1.165, 1.54) is 33.1 Å². The number of carboxylic acids is 1. The van der Waals surface area contributed by atoms with Crippen molar-refractivity contribution in [1.82, 2.24) is 41.3 Å². The summed E-state index contributed by atoms with van der Waals surface area (Å²) in [4.78, 5) is 126. The Bertz CT molecular complexity index is 2500. The number of hydrogen-bond acceptors (Lipinski definition) is 14. The normalized spacial score (nSPS) is 17.6. The molecule has 8 N–H and O–H groups in total. The largest absolute Gasteiger partial charge is 0.481 e. The van der Waals surface area contributed by atoms with Gasteiger partial charge in [0, 0.05) is 47.0 Å². The first kappa shape index (κ1) is 72.6. The van der Waals surface area contributed by atoms with Gasteiger partial charge in [0.2, 0.25) is 41.4 Å². The molecule has 0 bridgehead atoms. The van der Waals surface area contributed by atoms with Gasteiger partial charge in [0.15, 0.2) is 0 Å². The lowest BCUT2D eigenvalue weighted by Gasteiger charge is -2.41. The molecule has 23 heteroatoms. The second kappa shape index (κ2) is 35.1. The second-order valence-electron chi connectivity index (χ2n) is 23.7. The standard InChI is InChI=1S/C62H99N9O14/c1-17-38(8)53(48(83-15)33-49(72)71-31-21-24-47(71)55(84-16)39(9)56(76)64-40(10)54(75)43-22-19-18-20-23-43)69(13)61(81)51(36(4)5)68-60(80)52(37(6)7)70(14)62(82)85-34-42-25-27-44(28-26-42)66-57(77)41(11)65-58(78)45(29-30-50(73)74)67-59(79)46(63-12)32-35(2)3/h18-20,22-23,25-28,35-41,45-48,51-55,63,75H,17,21,24,29-34H2,1-16H3,(H,64,76)(H,65,78)(H,66,77)(H,67,79)(H,68,80)(H,73,74)/t38-,39+,40+,41-,45-,46+,47-,48+,51-,52-,53-,54+,55+/m0/s1. The van der Waals surface area contributed by atoms with Crippen molar-refractivity contribution in [2.24, 2.45) is 29.6 Å². The van der Waals surface area contributed by atoms with Crippen LogP contribution in [0.1, 0.15) is 138 Å². The molecule has 0 aliphatic carbocycles. The lowest BCUT2D eigenvalue weighted by molar-refractivity contribution is -0.148. The maximum Gasteiger partial charge on any atom is 0.410 e. The topological polar surface area (TPSA) is 304 Å². The number of likely N-dealkylation sites (tertiary alicyclic amines) is 1. The Morgan fingerprint density at radius 2 is 1.35 bits per heavy atom. The molecule has 1 aliphatic heterocycles. The minimum absolute atomic E-state index is 0.0832. The first-order valence-electron chi connectivity index (χ1n) is 29.8. The van der Waals surface area contributed by atoms with Crippen LogP contribution < -0.4 is 31.9 Å². The van der Waals surface area contributed by atoms with Crippen molar-refractivity contribution >= 4 is 59.1 Å². The van der Waals surface area contributed by atoms with Gasteiger partial charge in [-0.05, 0) is 93.5 Å². The highest BCUT2D eigenvalue weighted by Gasteiger charge is 2.44. The van der Waals surface area contributed by atoms with Crippen molar-refractivity contribution in [2.45, 2.75) is 194 Å². The van der Waals surface area contributed by atoms with Gasteiger partial charge >= 0.3 is 12.1 Å². The summed E-state index contributed by atoms with van der Waals surface area (Å²) in [5, 5.41) is 36.9. The van der Waals surface area contributed by atoms with Gasteiger partial charge in [-0.2, -0.15) is 0 Å². The minimum Gasteiger partial charge on any atom is -0.481 e. The summed E-state index contributed by atoms with van der Waals surface area (Å²) >= 11 is 0. The van der Waals surface area contributed by atoms with Crippen LogP contribution in [0.5, 0.6) is 0 Å². The van der Waals surface area contributed by atoms with Crippen molar-refractivity contribution in [2.75, 3.05) is 47.2 Å². The molecule has 23 nitrogen and oxygen atoms in total. The maximum atomic E-state index is 14.7. The van der Waals surface area contributed by atoms with Crippen LogP contribution in [0.3, 0.4) is 0 Å². The Labute approximate surface area is 503 Å². The highest BCUT2D eigenvalue weighted by molar-refractivity contribution is 5.98. The first-order valence-corrected chi connectivity index (χ1v) is 29.8. The van der Waals surface area contributed by atoms with Gasteiger partial charge in [-0.15, -0.1) is 0 Å². The van der Waals surface area contributed by atoms with Crippen LogP contribution >= 0.6 is 0 Å². The molecule has 1 saturated heterocycles. The van der Waals surface area contributed by atoms with E-state index in [1.807, 2.05) is 45.9 Å². The number of carboxylic acid groups (broad SMARTS) is 1. The van der Waals surface area contributed by atoms with Crippen LogP contribution in [-0.4, -0.2) is 181 Å². The summed E-state index contributed by atoms with van der Waals surface area (Å²) in [6.45, 7) is 20.1. The molecule has 0 saturated carbocycles. The lowest BCUT2D eigenvalue weighted by Crippen LogP contribution is -2.60. The van der Waals surface area contributed by atoms with Crippen LogP contribution in [0.15, 0.2) is 54.6 Å². The summed E-state index contributed by atoms with van der Waals surface area (Å²) in [6, 6.07) is 8.77. The zero-order chi connectivity index (χ0) is 64.0. The summed E-state index contributed by atoms with van der Waals surface area (Å²) in [5.41, 5.74) is 1.57. The van der Waals surface area contributed by atoms with E-state index in [4.69, 9.17) is 14.2 Å². The zero-order valence-corrected chi connectivity index (χ0v) is 52.9. The Balaban J connectivity index is 1.67. The molecule has 1 fully saturated rings. The van der Waals surface area contributed by atoms with Crippen LogP contribution in [0.4, 0.5) is 10.5 Å². The Morgan fingerprint density at radius 1 is 0.729 bits per heavy atom. The van der Waals surface area contributed by atoms with Crippen molar-refractivity contribution in [3.8, 4) is 0 Å². The molecule has 0 unspecified atom stereocenters. The van der Waals surface area contributed by atoms with Gasteiger partial charge in [0.1, 0.15) is 30.8 Å². The number of methoxy groups -OCH3 is 2. The molecule has 0 aromatic heterocycles. The van der Waals surface area contributed by atoms with E-state index in [0.717, 1.165) is 0 Å². The Hall–Kier alpha value is -6.69. The smallest absolute Gasteiger partial charge is 0.410 e. The molecule has 0 radical (unpaired) electrons. The van der Waals surface area contributed by atoms with E-state index in [9.17, 15) is 53.4 Å². The predicted octanol–water partition coefficient (Wildman–Crippen LogP) is 5.01. The number of carbonyl (C=O) groups excluding carboxylic acids is 8. The number of aliphatic hydroxyl groups is 1. The van der Waals surface area contributed by atoms with Gasteiger partial charge < -0.3 is 66.1 Å². The Kier molecular flexibility index (Phi) is 29.9. The summed E-state index contributed by atoms with van der Waals surface area (Å²) < 4.78 is 17.7. The summed E-state index contributed by atoms with van der Waals surface area (Å²) in [5.74, 6) is -6.00. The molecule has 476 valence electrons. The van der Waals surface area contributed by atoms with E-state index in [0.29, 0.717) is 49.0 Å². The molecule has 1 aliphatic rings. The summed E-state index contributed by atoms with van der Waals surface area (Å²) in [6.07, 6.45) is -1.44. The number of nitrogens with zero attached hydrogens (tertiary/aromatic N) is 3. The first-order chi connectivity index (χ1) is 40.0. The number of amides is 8. The molecule has 1 heterocycles. The molecule has 2 aromatic rings. The van der Waals surface area contributed by atoms with Gasteiger partial charge in [-0.25, -0.2) is 4.79 Å². The van der Waals surface area contributed by atoms with Crippen LogP contribution in [0.25, 0.3) is 0 Å². The maximum absolute atomic E-state index is 14.7. The molecule has 3 rings (SSSR count). The van der Waals surface area contributed by atoms with Gasteiger partial charge in [-0.3, -0.25) is 43.3 Å². The van der Waals surface area contributed by atoms with E-state index in [-0.39, 0.29) is 43.1 Å². The molecule has 85 heavy (non-hydrogen) atoms. The molecular weight excluding hydrogens is 1090 g/mol. The monoisotopic (exact) mass is 1190 g/mol. The second-order valence-corrected chi connectivity index (χ2v) is 23.7. The van der Waals surface area contributed by atoms with Crippen molar-refractivity contribution in [1.29, 1.82) is 0 Å². The Morgan fingerprint density at radius 3 is 1.89 bits per heavy atom. The highest BCUT2D eigenvalue weighted by atomic mass is 16.6. The van der Waals surface area contributed by atoms with E-state index in [2.05, 4.69) is 31.9 Å². The third-order valence-corrected chi connectivity index (χ3v) is 16.1. The van der Waals surface area contributed by atoms with E-state index >= 15 is 0 Å². The number of rotatable bonds is 34. The van der Waals surface area contributed by atoms with Gasteiger partial charge in [0.05, 0.1) is 54.8 Å². The van der Waals surface area contributed by atoms with Gasteiger partial charge in [-0.1, -0.05) is 111 Å². The number of aliphatic hydroxyl groups excluding tert-OH is 1. The number of ether oxygens (including phenoxy) is 3. The molecule has 13 atom stereocenters. The van der Waals surface area contributed by atoms with E-state index < -0.39 is 132 Å². The molecular formula is C62H99N9O14. The van der Waals surface area contributed by atoms with Crippen molar-refractivity contribution < 1.29 is 67.6 Å². The number of carbonyl (C=O) groups is 9. The fourth-order valence-corrected chi connectivity index (χ4v) is 10.9. The molecule has 2 aromatic carbocycles. The van der Waals surface area contributed by atoms with Crippen LogP contribution in [0, 0.1) is 29.6 Å². The SMILES string of the molecule is CC[C@H](C)[C@@H]([C@@H](CC(=O)N1CCC[C@H]1[C@H](OC)[C@@H](C)C(=O)N[C@H](C)[C@@H](O)c1ccccc1)OC)N(C)C(=O)[C@@H](NC(=O)[C@H](C(C)C)N(C)C(=O)OCc1ccc(NC(=O)[C@H](C)NC(=O)[C@H](CCC(=O)O)NC(=O)[C@@H](CC(C)C)NC)cc1)C(C)C. The van der Waals surface area contributed by atoms with Crippen LogP contribution in [0.2, 0.25) is 0 Å². The predicted molar refractivity (Wildman–Crippen MR) is 322 cm³/mol. The number of aliphatic carboxylic acids is 1. The van der Waals surface area contributed by atoms with Crippen molar-refractivity contribution in [3.63, 3.8) is 0 Å². The average Bonchev–Trinajstić information content (AvgIpc) is 4.15. The highest BCUT2D eigenvalue weighted by Crippen LogP contribution is 2.30. The fraction of sp³-hybridized carbons (Fsp3) is 0.661. The number of anilines is 1. The van der Waals surface area contributed by atoms with Crippen LogP contribution in [-0.2, 0) is 59.2 Å². The van der Waals surface area contributed by atoms with Crippen molar-refractivity contribution in [3.05, 3.63) is 65.7 Å². The molecule has 0 spiro atoms. The number of hydrogen-bond donors (Lipinski definition) is 8. The number of likely N-dealkylation sites (N-methyl/N-ethyl adjacent to an activating group) is 3. The third-order valence-electron chi connectivity index (χ3n) is 16.1. The lowest BCUT2D eigenvalue weighted by atomic mass is 9.89. The fourth-order valence-electron chi connectivity index (χ4n) is 10.9. The minimum atomic E-state index is -1.21. The number of nitrogens with one attached hydrogen (secondary N) is 6. The zero-order valence-electron chi connectivity index (χ0n) is 52.9. The number of benzene rings is 2. The van der Waals surface area contributed by atoms with E-state index in [1.54, 1.807) is 102 Å². The summed E-state index contributed by atoms with van der Waals surface area (Å²) in [7, 11) is 7.71. The molecule has 8 amide bonds. The van der Waals surface area contributed by atoms with Gasteiger partial charge in [0.25, 0.3) is 0 Å². The average molecular weight is 1190 g/mol. The quantitative estimate of drug-likeness (QED) is 0.0457. The third kappa shape index (κ3) is 21.3.